The molecule has 0 aliphatic heterocycles. The standard InChI is InChI=1S/C14H9I2NO4/c15-9-6-10(12(18)11(16)7-9)13(19)17-21-14(20)8-4-2-1-3-5-8/h1-7,18H,(H,17,19). The van der Waals surface area contributed by atoms with Crippen LogP contribution in [0.1, 0.15) is 20.7 Å². The normalized spacial score (nSPS) is 10.0. The summed E-state index contributed by atoms with van der Waals surface area (Å²) in [6.45, 7) is 0. The summed E-state index contributed by atoms with van der Waals surface area (Å²) in [7, 11) is 0. The van der Waals surface area contributed by atoms with Crippen LogP contribution in [0.5, 0.6) is 5.75 Å². The van der Waals surface area contributed by atoms with E-state index in [1.54, 1.807) is 36.4 Å². The lowest BCUT2D eigenvalue weighted by Gasteiger charge is -2.08. The summed E-state index contributed by atoms with van der Waals surface area (Å²) >= 11 is 3.95. The molecule has 0 aliphatic carbocycles. The third-order valence-electron chi connectivity index (χ3n) is 2.52. The molecule has 0 fully saturated rings. The molecule has 21 heavy (non-hydrogen) atoms. The third kappa shape index (κ3) is 4.06. The van der Waals surface area contributed by atoms with Gasteiger partial charge in [0.15, 0.2) is 0 Å². The van der Waals surface area contributed by atoms with Crippen molar-refractivity contribution in [1.29, 1.82) is 0 Å². The Hall–Kier alpha value is -1.36. The molecule has 0 atom stereocenters. The van der Waals surface area contributed by atoms with Crippen molar-refractivity contribution in [3.8, 4) is 5.75 Å². The quantitative estimate of drug-likeness (QED) is 0.483. The number of phenolic OH excluding ortho intramolecular Hbond substituents is 1. The van der Waals surface area contributed by atoms with Crippen molar-refractivity contribution >= 4 is 57.1 Å². The molecular formula is C14H9I2NO4. The number of nitrogens with one attached hydrogen (secondary N) is 1. The molecule has 0 bridgehead atoms. The Kier molecular flexibility index (Phi) is 5.39. The fourth-order valence-corrected chi connectivity index (χ4v) is 3.36. The topological polar surface area (TPSA) is 75.6 Å². The maximum Gasteiger partial charge on any atom is 0.362 e. The van der Waals surface area contributed by atoms with E-state index in [4.69, 9.17) is 4.84 Å². The van der Waals surface area contributed by atoms with Crippen LogP contribution in [0.2, 0.25) is 0 Å². The minimum Gasteiger partial charge on any atom is -0.506 e. The van der Waals surface area contributed by atoms with Gasteiger partial charge in [0, 0.05) is 3.57 Å². The molecule has 0 radical (unpaired) electrons. The lowest BCUT2D eigenvalue weighted by Crippen LogP contribution is -2.27. The number of amides is 1. The van der Waals surface area contributed by atoms with Crippen LogP contribution in [0.15, 0.2) is 42.5 Å². The Bertz CT molecular complexity index is 689. The van der Waals surface area contributed by atoms with E-state index in [-0.39, 0.29) is 11.3 Å². The minimum atomic E-state index is -0.687. The minimum absolute atomic E-state index is 0.0483. The molecule has 0 spiro atoms. The van der Waals surface area contributed by atoms with Gasteiger partial charge in [0.1, 0.15) is 5.75 Å². The van der Waals surface area contributed by atoms with E-state index >= 15 is 0 Å². The molecule has 0 unspecified atom stereocenters. The first kappa shape index (κ1) is 16.0. The van der Waals surface area contributed by atoms with Gasteiger partial charge in [-0.1, -0.05) is 18.2 Å². The second-order valence-electron chi connectivity index (χ2n) is 3.97. The van der Waals surface area contributed by atoms with Gasteiger partial charge in [-0.25, -0.2) is 4.79 Å². The monoisotopic (exact) mass is 509 g/mol. The molecule has 5 nitrogen and oxygen atoms in total. The van der Waals surface area contributed by atoms with Gasteiger partial charge in [-0.3, -0.25) is 4.79 Å². The molecule has 0 saturated heterocycles. The van der Waals surface area contributed by atoms with Crippen molar-refractivity contribution in [2.45, 2.75) is 0 Å². The molecule has 0 heterocycles. The number of phenols is 1. The van der Waals surface area contributed by atoms with E-state index in [0.717, 1.165) is 3.57 Å². The molecule has 0 saturated carbocycles. The molecule has 0 aromatic heterocycles. The highest BCUT2D eigenvalue weighted by molar-refractivity contribution is 14.1. The van der Waals surface area contributed by atoms with Crippen molar-refractivity contribution in [3.63, 3.8) is 0 Å². The Labute approximate surface area is 147 Å². The van der Waals surface area contributed by atoms with Gasteiger partial charge >= 0.3 is 5.97 Å². The molecular weight excluding hydrogens is 500 g/mol. The van der Waals surface area contributed by atoms with Crippen LogP contribution < -0.4 is 5.48 Å². The highest BCUT2D eigenvalue weighted by Crippen LogP contribution is 2.26. The van der Waals surface area contributed by atoms with Gasteiger partial charge < -0.3 is 9.94 Å². The summed E-state index contributed by atoms with van der Waals surface area (Å²) < 4.78 is 1.33. The van der Waals surface area contributed by atoms with Gasteiger partial charge in [-0.2, -0.15) is 5.48 Å². The highest BCUT2D eigenvalue weighted by Gasteiger charge is 2.17. The lowest BCUT2D eigenvalue weighted by molar-refractivity contribution is 0.0229. The van der Waals surface area contributed by atoms with Crippen LogP contribution in [-0.4, -0.2) is 17.0 Å². The van der Waals surface area contributed by atoms with Crippen molar-refractivity contribution in [3.05, 3.63) is 60.7 Å². The van der Waals surface area contributed by atoms with E-state index in [0.29, 0.717) is 9.13 Å². The molecule has 108 valence electrons. The van der Waals surface area contributed by atoms with Gasteiger partial charge in [0.2, 0.25) is 0 Å². The fourth-order valence-electron chi connectivity index (χ4n) is 1.52. The number of halogens is 2. The van der Waals surface area contributed by atoms with Gasteiger partial charge in [-0.15, -0.1) is 0 Å². The van der Waals surface area contributed by atoms with E-state index < -0.39 is 11.9 Å². The molecule has 7 heteroatoms. The summed E-state index contributed by atoms with van der Waals surface area (Å²) in [5, 5.41) is 9.86. The zero-order valence-electron chi connectivity index (χ0n) is 10.5. The van der Waals surface area contributed by atoms with E-state index in [1.807, 2.05) is 50.7 Å². The second-order valence-corrected chi connectivity index (χ2v) is 6.38. The number of carbonyl (C=O) groups excluding carboxylic acids is 2. The number of aromatic hydroxyl groups is 1. The smallest absolute Gasteiger partial charge is 0.362 e. The molecule has 2 aromatic carbocycles. The predicted octanol–water partition coefficient (Wildman–Crippen LogP) is 3.10. The highest BCUT2D eigenvalue weighted by atomic mass is 127. The summed E-state index contributed by atoms with van der Waals surface area (Å²) in [5.74, 6) is -1.51. The first-order chi connectivity index (χ1) is 9.99. The average molecular weight is 509 g/mol. The number of hydroxylamine groups is 1. The average Bonchev–Trinajstić information content (AvgIpc) is 2.49. The van der Waals surface area contributed by atoms with Crippen molar-refractivity contribution in [2.24, 2.45) is 0 Å². The molecule has 2 aromatic rings. The fraction of sp³-hybridized carbons (Fsp3) is 0. The molecule has 0 aliphatic rings. The van der Waals surface area contributed by atoms with Crippen molar-refractivity contribution in [1.82, 2.24) is 5.48 Å². The number of benzene rings is 2. The SMILES string of the molecule is O=C(ONC(=O)c1cc(I)cc(I)c1O)c1ccccc1. The molecule has 2 rings (SSSR count). The Morgan fingerprint density at radius 2 is 1.76 bits per heavy atom. The largest absolute Gasteiger partial charge is 0.506 e. The number of hydrogen-bond donors (Lipinski definition) is 2. The number of rotatable bonds is 2. The summed E-state index contributed by atoms with van der Waals surface area (Å²) in [6, 6.07) is 11.5. The van der Waals surface area contributed by atoms with E-state index in [1.165, 1.54) is 6.07 Å². The zero-order chi connectivity index (χ0) is 15.4. The molecule has 2 N–H and O–H groups in total. The second kappa shape index (κ2) is 7.07. The maximum absolute atomic E-state index is 12.0. The zero-order valence-corrected chi connectivity index (χ0v) is 14.8. The Morgan fingerprint density at radius 3 is 2.43 bits per heavy atom. The van der Waals surface area contributed by atoms with E-state index in [2.05, 4.69) is 0 Å². The van der Waals surface area contributed by atoms with Crippen molar-refractivity contribution < 1.29 is 19.5 Å². The number of hydrogen-bond acceptors (Lipinski definition) is 4. The first-order valence-corrected chi connectivity index (χ1v) is 7.89. The van der Waals surface area contributed by atoms with Gasteiger partial charge in [0.25, 0.3) is 5.91 Å². The summed E-state index contributed by atoms with van der Waals surface area (Å²) in [5.41, 5.74) is 2.40. The summed E-state index contributed by atoms with van der Waals surface area (Å²) in [4.78, 5) is 28.4. The van der Waals surface area contributed by atoms with Crippen LogP contribution in [0.4, 0.5) is 0 Å². The Morgan fingerprint density at radius 1 is 1.10 bits per heavy atom. The van der Waals surface area contributed by atoms with Gasteiger partial charge in [-0.05, 0) is 69.4 Å². The first-order valence-electron chi connectivity index (χ1n) is 5.73. The maximum atomic E-state index is 12.0. The third-order valence-corrected chi connectivity index (χ3v) is 3.96. The molecule has 1 amide bonds. The lowest BCUT2D eigenvalue weighted by atomic mass is 10.2. The number of carbonyl (C=O) groups is 2. The van der Waals surface area contributed by atoms with Crippen LogP contribution >= 0.6 is 45.2 Å². The Balaban J connectivity index is 2.08. The van der Waals surface area contributed by atoms with Crippen LogP contribution in [0.25, 0.3) is 0 Å². The van der Waals surface area contributed by atoms with Gasteiger partial charge in [0.05, 0.1) is 14.7 Å². The van der Waals surface area contributed by atoms with Crippen LogP contribution in [-0.2, 0) is 4.84 Å². The van der Waals surface area contributed by atoms with Crippen LogP contribution in [0, 0.1) is 7.14 Å². The summed E-state index contributed by atoms with van der Waals surface area (Å²) in [6.07, 6.45) is 0. The predicted molar refractivity (Wildman–Crippen MR) is 92.9 cm³/mol. The van der Waals surface area contributed by atoms with Crippen molar-refractivity contribution in [2.75, 3.05) is 0 Å². The van der Waals surface area contributed by atoms with Crippen LogP contribution in [0.3, 0.4) is 0 Å². The van der Waals surface area contributed by atoms with E-state index in [9.17, 15) is 14.7 Å².